The molecule has 1 N–H and O–H groups in total. The van der Waals surface area contributed by atoms with Crippen LogP contribution in [0.2, 0.25) is 5.02 Å². The van der Waals surface area contributed by atoms with Crippen LogP contribution in [0.3, 0.4) is 0 Å². The molecule has 0 saturated heterocycles. The van der Waals surface area contributed by atoms with Gasteiger partial charge in [-0.05, 0) is 54.6 Å². The van der Waals surface area contributed by atoms with E-state index < -0.39 is 0 Å². The molecule has 0 fully saturated rings. The SMILES string of the molecule is COc1ccc(C(=O)NCc2ccco2)cc1COc1ccc(Cl)cc1. The first-order chi connectivity index (χ1) is 12.7. The van der Waals surface area contributed by atoms with Crippen LogP contribution in [0.4, 0.5) is 0 Å². The van der Waals surface area contributed by atoms with Crippen LogP contribution in [0, 0.1) is 0 Å². The number of rotatable bonds is 7. The van der Waals surface area contributed by atoms with E-state index in [1.54, 1.807) is 68.0 Å². The predicted octanol–water partition coefficient (Wildman–Crippen LogP) is 4.45. The largest absolute Gasteiger partial charge is 0.496 e. The normalized spacial score (nSPS) is 10.4. The Hall–Kier alpha value is -2.92. The number of benzene rings is 2. The van der Waals surface area contributed by atoms with E-state index in [1.165, 1.54) is 0 Å². The third-order valence-corrected chi connectivity index (χ3v) is 4.01. The van der Waals surface area contributed by atoms with E-state index in [0.717, 1.165) is 5.56 Å². The molecular weight excluding hydrogens is 354 g/mol. The molecule has 2 aromatic carbocycles. The van der Waals surface area contributed by atoms with Crippen LogP contribution in [0.1, 0.15) is 21.7 Å². The van der Waals surface area contributed by atoms with Crippen molar-refractivity contribution in [2.45, 2.75) is 13.2 Å². The minimum absolute atomic E-state index is 0.197. The summed E-state index contributed by atoms with van der Waals surface area (Å²) < 4.78 is 16.3. The zero-order chi connectivity index (χ0) is 18.4. The van der Waals surface area contributed by atoms with Gasteiger partial charge in [-0.3, -0.25) is 4.79 Å². The summed E-state index contributed by atoms with van der Waals surface area (Å²) in [7, 11) is 1.58. The molecule has 0 saturated carbocycles. The van der Waals surface area contributed by atoms with Gasteiger partial charge in [0.05, 0.1) is 19.9 Å². The molecule has 1 aromatic heterocycles. The smallest absolute Gasteiger partial charge is 0.251 e. The molecule has 6 heteroatoms. The quantitative estimate of drug-likeness (QED) is 0.666. The summed E-state index contributed by atoms with van der Waals surface area (Å²) in [5.74, 6) is 1.83. The molecule has 0 radical (unpaired) electrons. The molecule has 0 spiro atoms. The highest BCUT2D eigenvalue weighted by molar-refractivity contribution is 6.30. The van der Waals surface area contributed by atoms with Crippen molar-refractivity contribution in [2.75, 3.05) is 7.11 Å². The number of hydrogen-bond acceptors (Lipinski definition) is 4. The van der Waals surface area contributed by atoms with Crippen LogP contribution in [-0.4, -0.2) is 13.0 Å². The number of nitrogens with one attached hydrogen (secondary N) is 1. The summed E-state index contributed by atoms with van der Waals surface area (Å²) in [5, 5.41) is 3.46. The van der Waals surface area contributed by atoms with Gasteiger partial charge in [-0.25, -0.2) is 0 Å². The van der Waals surface area contributed by atoms with Crippen molar-refractivity contribution in [3.63, 3.8) is 0 Å². The number of methoxy groups -OCH3 is 1. The standard InChI is InChI=1S/C20H18ClNO4/c1-24-19-9-4-14(20(23)22-12-18-3-2-10-25-18)11-15(19)13-26-17-7-5-16(21)6-8-17/h2-11H,12-13H2,1H3,(H,22,23). The van der Waals surface area contributed by atoms with Gasteiger partial charge in [0.1, 0.15) is 23.9 Å². The van der Waals surface area contributed by atoms with Crippen LogP contribution >= 0.6 is 11.6 Å². The second kappa shape index (κ2) is 8.45. The molecular formula is C20H18ClNO4. The first kappa shape index (κ1) is 17.9. The number of ether oxygens (including phenoxy) is 2. The van der Waals surface area contributed by atoms with E-state index in [9.17, 15) is 4.79 Å². The Morgan fingerprint density at radius 3 is 2.65 bits per heavy atom. The minimum Gasteiger partial charge on any atom is -0.496 e. The van der Waals surface area contributed by atoms with Gasteiger partial charge in [0.2, 0.25) is 0 Å². The van der Waals surface area contributed by atoms with Crippen molar-refractivity contribution in [1.82, 2.24) is 5.32 Å². The van der Waals surface area contributed by atoms with Crippen LogP contribution in [-0.2, 0) is 13.2 Å². The highest BCUT2D eigenvalue weighted by atomic mass is 35.5. The fourth-order valence-corrected chi connectivity index (χ4v) is 2.53. The summed E-state index contributed by atoms with van der Waals surface area (Å²) in [5.41, 5.74) is 1.29. The van der Waals surface area contributed by atoms with Crippen molar-refractivity contribution in [3.05, 3.63) is 82.8 Å². The van der Waals surface area contributed by atoms with Crippen molar-refractivity contribution >= 4 is 17.5 Å². The summed E-state index contributed by atoms with van der Waals surface area (Å²) in [6.45, 7) is 0.596. The second-order valence-corrected chi connectivity index (χ2v) is 5.97. The highest BCUT2D eigenvalue weighted by Crippen LogP contribution is 2.23. The molecule has 0 unspecified atom stereocenters. The summed E-state index contributed by atoms with van der Waals surface area (Å²) >= 11 is 5.87. The molecule has 134 valence electrons. The fraction of sp³-hybridized carbons (Fsp3) is 0.150. The van der Waals surface area contributed by atoms with Crippen LogP contribution in [0.25, 0.3) is 0 Å². The molecule has 5 nitrogen and oxygen atoms in total. The Morgan fingerprint density at radius 2 is 1.96 bits per heavy atom. The highest BCUT2D eigenvalue weighted by Gasteiger charge is 2.11. The van der Waals surface area contributed by atoms with E-state index in [0.29, 0.717) is 34.4 Å². The van der Waals surface area contributed by atoms with Crippen molar-refractivity contribution in [3.8, 4) is 11.5 Å². The third kappa shape index (κ3) is 4.58. The zero-order valence-electron chi connectivity index (χ0n) is 14.2. The lowest BCUT2D eigenvalue weighted by molar-refractivity contribution is 0.0948. The molecule has 0 aliphatic heterocycles. The lowest BCUT2D eigenvalue weighted by atomic mass is 10.1. The number of carbonyl (C=O) groups excluding carboxylic acids is 1. The molecule has 0 bridgehead atoms. The summed E-state index contributed by atoms with van der Waals surface area (Å²) in [6, 6.07) is 15.9. The lowest BCUT2D eigenvalue weighted by Crippen LogP contribution is -2.22. The maximum absolute atomic E-state index is 12.4. The monoisotopic (exact) mass is 371 g/mol. The Morgan fingerprint density at radius 1 is 1.15 bits per heavy atom. The van der Waals surface area contributed by atoms with Gasteiger partial charge in [0.25, 0.3) is 5.91 Å². The van der Waals surface area contributed by atoms with E-state index >= 15 is 0 Å². The molecule has 1 amide bonds. The van der Waals surface area contributed by atoms with Gasteiger partial charge < -0.3 is 19.2 Å². The number of carbonyl (C=O) groups is 1. The van der Waals surface area contributed by atoms with Gasteiger partial charge in [0, 0.05) is 16.1 Å². The van der Waals surface area contributed by atoms with Gasteiger partial charge >= 0.3 is 0 Å². The van der Waals surface area contributed by atoms with Crippen LogP contribution < -0.4 is 14.8 Å². The number of halogens is 1. The summed E-state index contributed by atoms with van der Waals surface area (Å²) in [6.07, 6.45) is 1.57. The zero-order valence-corrected chi connectivity index (χ0v) is 15.0. The molecule has 0 aliphatic carbocycles. The topological polar surface area (TPSA) is 60.7 Å². The molecule has 0 atom stereocenters. The Balaban J connectivity index is 1.68. The average Bonchev–Trinajstić information content (AvgIpc) is 3.19. The van der Waals surface area contributed by atoms with Crippen LogP contribution in [0.5, 0.6) is 11.5 Å². The van der Waals surface area contributed by atoms with Gasteiger partial charge in [0.15, 0.2) is 0 Å². The Kier molecular flexibility index (Phi) is 5.81. The van der Waals surface area contributed by atoms with Gasteiger partial charge in [-0.15, -0.1) is 0 Å². The maximum atomic E-state index is 12.4. The average molecular weight is 372 g/mol. The third-order valence-electron chi connectivity index (χ3n) is 3.75. The minimum atomic E-state index is -0.197. The van der Waals surface area contributed by atoms with E-state index in [4.69, 9.17) is 25.5 Å². The van der Waals surface area contributed by atoms with Crippen molar-refractivity contribution in [1.29, 1.82) is 0 Å². The first-order valence-electron chi connectivity index (χ1n) is 8.01. The van der Waals surface area contributed by atoms with Crippen molar-refractivity contribution in [2.24, 2.45) is 0 Å². The van der Waals surface area contributed by atoms with E-state index in [-0.39, 0.29) is 12.5 Å². The van der Waals surface area contributed by atoms with Crippen molar-refractivity contribution < 1.29 is 18.7 Å². The second-order valence-electron chi connectivity index (χ2n) is 5.53. The maximum Gasteiger partial charge on any atom is 0.251 e. The Labute approximate surface area is 156 Å². The number of hydrogen-bond donors (Lipinski definition) is 1. The molecule has 3 aromatic rings. The summed E-state index contributed by atoms with van der Waals surface area (Å²) in [4.78, 5) is 12.4. The predicted molar refractivity (Wildman–Crippen MR) is 98.7 cm³/mol. The van der Waals surface area contributed by atoms with Crippen LogP contribution in [0.15, 0.2) is 65.3 Å². The van der Waals surface area contributed by atoms with Gasteiger partial charge in [-0.1, -0.05) is 11.6 Å². The van der Waals surface area contributed by atoms with E-state index in [1.807, 2.05) is 0 Å². The van der Waals surface area contributed by atoms with E-state index in [2.05, 4.69) is 5.32 Å². The molecule has 1 heterocycles. The van der Waals surface area contributed by atoms with Gasteiger partial charge in [-0.2, -0.15) is 0 Å². The number of amides is 1. The first-order valence-corrected chi connectivity index (χ1v) is 8.39. The molecule has 0 aliphatic rings. The lowest BCUT2D eigenvalue weighted by Gasteiger charge is -2.12. The molecule has 3 rings (SSSR count). The molecule has 26 heavy (non-hydrogen) atoms. The number of furan rings is 1. The Bertz CT molecular complexity index is 860. The fourth-order valence-electron chi connectivity index (χ4n) is 2.41.